The molecule has 0 aliphatic carbocycles. The highest BCUT2D eigenvalue weighted by Crippen LogP contribution is 2.33. The van der Waals surface area contributed by atoms with Crippen LogP contribution in [0.25, 0.3) is 11.1 Å². The van der Waals surface area contributed by atoms with Crippen LogP contribution in [-0.4, -0.2) is 27.4 Å². The van der Waals surface area contributed by atoms with Gasteiger partial charge < -0.3 is 9.32 Å². The largest absolute Gasteiger partial charge is 0.443 e. The van der Waals surface area contributed by atoms with E-state index in [-0.39, 0.29) is 17.7 Å². The Morgan fingerprint density at radius 3 is 3.00 bits per heavy atom. The number of oxazole rings is 1. The van der Waals surface area contributed by atoms with E-state index in [1.54, 1.807) is 42.6 Å². The number of aryl methyl sites for hydroxylation is 1. The molecule has 8 heteroatoms. The van der Waals surface area contributed by atoms with Crippen LogP contribution >= 0.6 is 0 Å². The van der Waals surface area contributed by atoms with Crippen molar-refractivity contribution in [1.29, 1.82) is 0 Å². The molecule has 1 aliphatic heterocycles. The van der Waals surface area contributed by atoms with E-state index >= 15 is 0 Å². The van der Waals surface area contributed by atoms with Gasteiger partial charge in [0.2, 0.25) is 5.95 Å². The Bertz CT molecular complexity index is 1220. The van der Waals surface area contributed by atoms with Gasteiger partial charge in [-0.1, -0.05) is 0 Å². The van der Waals surface area contributed by atoms with Gasteiger partial charge in [-0.25, -0.2) is 14.4 Å². The summed E-state index contributed by atoms with van der Waals surface area (Å²) in [6, 6.07) is 11.5. The molecule has 7 nitrogen and oxygen atoms in total. The lowest BCUT2D eigenvalue weighted by molar-refractivity contribution is 0.102. The quantitative estimate of drug-likeness (QED) is 0.568. The van der Waals surface area contributed by atoms with Crippen LogP contribution in [0.4, 0.5) is 21.8 Å². The van der Waals surface area contributed by atoms with Gasteiger partial charge in [0.25, 0.3) is 5.91 Å². The number of nitrogens with one attached hydrogen (secondary N) is 1. The molecule has 0 unspecified atom stereocenters. The zero-order valence-electron chi connectivity index (χ0n) is 15.3. The van der Waals surface area contributed by atoms with Crippen LogP contribution in [0.15, 0.2) is 59.5 Å². The van der Waals surface area contributed by atoms with E-state index in [1.807, 2.05) is 4.90 Å². The fourth-order valence-corrected chi connectivity index (χ4v) is 3.54. The van der Waals surface area contributed by atoms with Gasteiger partial charge in [0.1, 0.15) is 17.2 Å². The molecular weight excluding hydrogens is 373 g/mol. The third kappa shape index (κ3) is 3.29. The second-order valence-corrected chi connectivity index (χ2v) is 6.76. The summed E-state index contributed by atoms with van der Waals surface area (Å²) < 4.78 is 18.8. The summed E-state index contributed by atoms with van der Waals surface area (Å²) in [4.78, 5) is 27.3. The molecule has 1 aliphatic rings. The first kappa shape index (κ1) is 17.3. The van der Waals surface area contributed by atoms with Gasteiger partial charge in [0, 0.05) is 24.0 Å². The van der Waals surface area contributed by atoms with Crippen LogP contribution in [0.1, 0.15) is 22.3 Å². The van der Waals surface area contributed by atoms with Crippen molar-refractivity contribution in [3.8, 4) is 0 Å². The fourth-order valence-electron chi connectivity index (χ4n) is 3.54. The van der Waals surface area contributed by atoms with Crippen LogP contribution < -0.4 is 10.2 Å². The number of benzene rings is 2. The monoisotopic (exact) mass is 389 g/mol. The first-order valence-corrected chi connectivity index (χ1v) is 9.21. The minimum Gasteiger partial charge on any atom is -0.443 e. The normalized spacial score (nSPS) is 13.3. The van der Waals surface area contributed by atoms with Crippen LogP contribution in [0.3, 0.4) is 0 Å². The maximum absolute atomic E-state index is 13.6. The molecule has 0 spiro atoms. The molecule has 1 N–H and O–H groups in total. The van der Waals surface area contributed by atoms with E-state index in [2.05, 4.69) is 20.3 Å². The number of anilines is 3. The van der Waals surface area contributed by atoms with Crippen molar-refractivity contribution in [1.82, 2.24) is 15.0 Å². The minimum atomic E-state index is -0.340. The molecule has 2 aromatic heterocycles. The highest BCUT2D eigenvalue weighted by molar-refractivity contribution is 6.05. The molecule has 2 aromatic carbocycles. The average Bonchev–Trinajstić information content (AvgIpc) is 3.21. The van der Waals surface area contributed by atoms with E-state index in [0.717, 1.165) is 30.6 Å². The summed E-state index contributed by atoms with van der Waals surface area (Å²) in [7, 11) is 0. The summed E-state index contributed by atoms with van der Waals surface area (Å²) in [6.07, 6.45) is 4.64. The molecule has 5 rings (SSSR count). The van der Waals surface area contributed by atoms with Crippen molar-refractivity contribution in [3.63, 3.8) is 0 Å². The molecule has 0 saturated heterocycles. The Labute approximate surface area is 165 Å². The maximum atomic E-state index is 13.6. The van der Waals surface area contributed by atoms with Gasteiger partial charge in [-0.2, -0.15) is 4.98 Å². The summed E-state index contributed by atoms with van der Waals surface area (Å²) in [6.45, 7) is 0.756. The number of hydrogen-bond donors (Lipinski definition) is 1. The second kappa shape index (κ2) is 6.97. The van der Waals surface area contributed by atoms with Crippen molar-refractivity contribution >= 4 is 34.5 Å². The topological polar surface area (TPSA) is 84.2 Å². The third-order valence-corrected chi connectivity index (χ3v) is 4.90. The Hall–Kier alpha value is -3.81. The van der Waals surface area contributed by atoms with Crippen molar-refractivity contribution in [2.45, 2.75) is 12.8 Å². The second-order valence-electron chi connectivity index (χ2n) is 6.76. The summed E-state index contributed by atoms with van der Waals surface area (Å²) in [5.41, 5.74) is 3.51. The molecule has 0 bridgehead atoms. The number of nitrogens with zero attached hydrogens (tertiary/aromatic N) is 4. The standard InChI is InChI=1S/C21H16FN5O2/c22-15-4-5-17-13(10-15)2-1-9-27(17)19-7-8-23-21(25-19)26-20(28)14-3-6-18-16(11-14)24-12-29-18/h3-8,10-12H,1-2,9H2,(H,23,25,26,28). The van der Waals surface area contributed by atoms with Crippen molar-refractivity contribution in [2.75, 3.05) is 16.8 Å². The van der Waals surface area contributed by atoms with Gasteiger partial charge in [-0.3, -0.25) is 10.1 Å². The molecule has 1 amide bonds. The number of aromatic nitrogens is 3. The van der Waals surface area contributed by atoms with Crippen LogP contribution in [-0.2, 0) is 6.42 Å². The predicted octanol–water partition coefficient (Wildman–Crippen LogP) is 4.09. The molecule has 3 heterocycles. The Balaban J connectivity index is 1.41. The van der Waals surface area contributed by atoms with Crippen LogP contribution in [0.5, 0.6) is 0 Å². The first-order valence-electron chi connectivity index (χ1n) is 9.21. The molecular formula is C21H16FN5O2. The number of halogens is 1. The van der Waals surface area contributed by atoms with E-state index in [9.17, 15) is 9.18 Å². The average molecular weight is 389 g/mol. The predicted molar refractivity (Wildman–Crippen MR) is 106 cm³/mol. The SMILES string of the molecule is O=C(Nc1nccc(N2CCCc3cc(F)ccc32)n1)c1ccc2ocnc2c1. The minimum absolute atomic E-state index is 0.196. The molecule has 0 saturated carbocycles. The first-order chi connectivity index (χ1) is 14.2. The summed E-state index contributed by atoms with van der Waals surface area (Å²) in [5, 5.41) is 2.72. The van der Waals surface area contributed by atoms with Gasteiger partial charge in [0.05, 0.1) is 0 Å². The fraction of sp³-hybridized carbons (Fsp3) is 0.143. The molecule has 0 radical (unpaired) electrons. The third-order valence-electron chi connectivity index (χ3n) is 4.90. The summed E-state index contributed by atoms with van der Waals surface area (Å²) in [5.74, 6) is 0.260. The molecule has 4 aromatic rings. The molecule has 144 valence electrons. The lowest BCUT2D eigenvalue weighted by Crippen LogP contribution is -2.26. The van der Waals surface area contributed by atoms with Gasteiger partial charge >= 0.3 is 0 Å². The van der Waals surface area contributed by atoms with Gasteiger partial charge in [-0.05, 0) is 60.9 Å². The zero-order valence-corrected chi connectivity index (χ0v) is 15.3. The van der Waals surface area contributed by atoms with E-state index < -0.39 is 0 Å². The Morgan fingerprint density at radius 1 is 1.14 bits per heavy atom. The van der Waals surface area contributed by atoms with Crippen molar-refractivity contribution in [2.24, 2.45) is 0 Å². The Kier molecular flexibility index (Phi) is 4.16. The lowest BCUT2D eigenvalue weighted by Gasteiger charge is -2.30. The molecule has 29 heavy (non-hydrogen) atoms. The number of fused-ring (bicyclic) bond motifs is 2. The number of carbonyl (C=O) groups excluding carboxylic acids is 1. The number of carbonyl (C=O) groups is 1. The number of hydrogen-bond acceptors (Lipinski definition) is 6. The maximum Gasteiger partial charge on any atom is 0.258 e. The van der Waals surface area contributed by atoms with Crippen LogP contribution in [0, 0.1) is 5.82 Å². The number of rotatable bonds is 3. The highest BCUT2D eigenvalue weighted by Gasteiger charge is 2.20. The van der Waals surface area contributed by atoms with Gasteiger partial charge in [0.15, 0.2) is 12.0 Å². The number of amides is 1. The van der Waals surface area contributed by atoms with E-state index in [4.69, 9.17) is 4.42 Å². The van der Waals surface area contributed by atoms with Crippen LogP contribution in [0.2, 0.25) is 0 Å². The molecule has 0 fully saturated rings. The van der Waals surface area contributed by atoms with Gasteiger partial charge in [-0.15, -0.1) is 0 Å². The lowest BCUT2D eigenvalue weighted by atomic mass is 10.0. The summed E-state index contributed by atoms with van der Waals surface area (Å²) >= 11 is 0. The molecule has 0 atom stereocenters. The highest BCUT2D eigenvalue weighted by atomic mass is 19.1. The smallest absolute Gasteiger partial charge is 0.258 e. The van der Waals surface area contributed by atoms with Crippen molar-refractivity contribution < 1.29 is 13.6 Å². The van der Waals surface area contributed by atoms with E-state index in [1.165, 1.54) is 12.5 Å². The Morgan fingerprint density at radius 2 is 2.07 bits per heavy atom. The van der Waals surface area contributed by atoms with E-state index in [0.29, 0.717) is 22.5 Å². The van der Waals surface area contributed by atoms with Crippen molar-refractivity contribution in [3.05, 3.63) is 72.0 Å². The zero-order chi connectivity index (χ0) is 19.8.